The lowest BCUT2D eigenvalue weighted by Crippen LogP contribution is -2.34. The van der Waals surface area contributed by atoms with Gasteiger partial charge in [0.2, 0.25) is 0 Å². The number of nitrogens with zero attached hydrogens (tertiary/aromatic N) is 1. The molecule has 0 saturated heterocycles. The molecule has 0 aromatic rings. The molecule has 0 unspecified atom stereocenters. The first-order valence-electron chi connectivity index (χ1n) is 6.87. The fourth-order valence-electron chi connectivity index (χ4n) is 1.85. The summed E-state index contributed by atoms with van der Waals surface area (Å²) in [6, 6.07) is 0. The van der Waals surface area contributed by atoms with Crippen molar-refractivity contribution in [2.75, 3.05) is 45.9 Å². The Hall–Kier alpha value is -0.120. The third kappa shape index (κ3) is 7.20. The Morgan fingerprint density at radius 2 is 2.06 bits per heavy atom. The van der Waals surface area contributed by atoms with Crippen LogP contribution in [0, 0.1) is 5.92 Å². The summed E-state index contributed by atoms with van der Waals surface area (Å²) in [6.07, 6.45) is 4.04. The topological polar surface area (TPSA) is 24.5 Å². The van der Waals surface area contributed by atoms with Gasteiger partial charge in [-0.25, -0.2) is 0 Å². The summed E-state index contributed by atoms with van der Waals surface area (Å²) in [4.78, 5) is 2.56. The normalized spacial score (nSPS) is 15.9. The standard InChI is InChI=1S/C13H28N2O/c1-3-15(12-13-6-7-13)10-9-14-8-5-11-16-4-2/h13-14H,3-12H2,1-2H3. The summed E-state index contributed by atoms with van der Waals surface area (Å²) in [5.41, 5.74) is 0. The fraction of sp³-hybridized carbons (Fsp3) is 1.00. The molecule has 0 atom stereocenters. The molecule has 16 heavy (non-hydrogen) atoms. The van der Waals surface area contributed by atoms with E-state index in [1.165, 1.54) is 32.5 Å². The van der Waals surface area contributed by atoms with Crippen LogP contribution in [0.15, 0.2) is 0 Å². The van der Waals surface area contributed by atoms with E-state index in [0.717, 1.165) is 38.6 Å². The van der Waals surface area contributed by atoms with E-state index in [1.54, 1.807) is 0 Å². The van der Waals surface area contributed by atoms with Gasteiger partial charge in [0.1, 0.15) is 0 Å². The first kappa shape index (κ1) is 13.9. The molecule has 0 aliphatic heterocycles. The van der Waals surface area contributed by atoms with E-state index in [1.807, 2.05) is 6.92 Å². The molecule has 0 radical (unpaired) electrons. The van der Waals surface area contributed by atoms with Crippen LogP contribution in [0.2, 0.25) is 0 Å². The van der Waals surface area contributed by atoms with Crippen molar-refractivity contribution in [3.63, 3.8) is 0 Å². The summed E-state index contributed by atoms with van der Waals surface area (Å²) < 4.78 is 5.29. The zero-order valence-corrected chi connectivity index (χ0v) is 11.0. The lowest BCUT2D eigenvalue weighted by atomic mass is 10.3. The fourth-order valence-corrected chi connectivity index (χ4v) is 1.85. The zero-order valence-electron chi connectivity index (χ0n) is 11.0. The Labute approximate surface area is 101 Å². The highest BCUT2D eigenvalue weighted by Crippen LogP contribution is 2.29. The van der Waals surface area contributed by atoms with E-state index in [-0.39, 0.29) is 0 Å². The van der Waals surface area contributed by atoms with E-state index >= 15 is 0 Å². The highest BCUT2D eigenvalue weighted by atomic mass is 16.5. The number of rotatable bonds is 11. The lowest BCUT2D eigenvalue weighted by molar-refractivity contribution is 0.144. The smallest absolute Gasteiger partial charge is 0.0477 e. The molecule has 3 nitrogen and oxygen atoms in total. The largest absolute Gasteiger partial charge is 0.382 e. The molecule has 0 aromatic carbocycles. The van der Waals surface area contributed by atoms with Crippen molar-refractivity contribution < 1.29 is 4.74 Å². The van der Waals surface area contributed by atoms with Crippen LogP contribution in [0.4, 0.5) is 0 Å². The van der Waals surface area contributed by atoms with Gasteiger partial charge in [-0.2, -0.15) is 0 Å². The van der Waals surface area contributed by atoms with Crippen molar-refractivity contribution in [1.82, 2.24) is 10.2 Å². The van der Waals surface area contributed by atoms with Crippen LogP contribution >= 0.6 is 0 Å². The Bertz CT molecular complexity index is 160. The summed E-state index contributed by atoms with van der Waals surface area (Å²) in [7, 11) is 0. The molecule has 0 spiro atoms. The van der Waals surface area contributed by atoms with E-state index in [2.05, 4.69) is 17.1 Å². The van der Waals surface area contributed by atoms with Gasteiger partial charge in [0.15, 0.2) is 0 Å². The molecule has 1 rings (SSSR count). The Balaban J connectivity index is 1.84. The third-order valence-corrected chi connectivity index (χ3v) is 3.11. The van der Waals surface area contributed by atoms with Gasteiger partial charge >= 0.3 is 0 Å². The number of likely N-dealkylation sites (N-methyl/N-ethyl adjacent to an activating group) is 1. The predicted octanol–water partition coefficient (Wildman–Crippen LogP) is 1.73. The van der Waals surface area contributed by atoms with Crippen LogP contribution in [0.5, 0.6) is 0 Å². The summed E-state index contributed by atoms with van der Waals surface area (Å²) in [5, 5.41) is 3.48. The summed E-state index contributed by atoms with van der Waals surface area (Å²) in [5.74, 6) is 1.01. The molecule has 0 aromatic heterocycles. The number of ether oxygens (including phenoxy) is 1. The van der Waals surface area contributed by atoms with Gasteiger partial charge in [-0.1, -0.05) is 6.92 Å². The van der Waals surface area contributed by atoms with Gasteiger partial charge in [0.25, 0.3) is 0 Å². The minimum Gasteiger partial charge on any atom is -0.382 e. The second-order valence-corrected chi connectivity index (χ2v) is 4.64. The Morgan fingerprint density at radius 3 is 2.69 bits per heavy atom. The van der Waals surface area contributed by atoms with E-state index < -0.39 is 0 Å². The van der Waals surface area contributed by atoms with Crippen molar-refractivity contribution >= 4 is 0 Å². The molecule has 96 valence electrons. The summed E-state index contributed by atoms with van der Waals surface area (Å²) in [6.45, 7) is 11.9. The maximum absolute atomic E-state index is 5.29. The molecule has 0 amide bonds. The van der Waals surface area contributed by atoms with Crippen molar-refractivity contribution in [3.8, 4) is 0 Å². The van der Waals surface area contributed by atoms with Crippen LogP contribution in [0.25, 0.3) is 0 Å². The number of hydrogen-bond acceptors (Lipinski definition) is 3. The van der Waals surface area contributed by atoms with Gasteiger partial charge in [-0.3, -0.25) is 0 Å². The Morgan fingerprint density at radius 1 is 1.25 bits per heavy atom. The molecule has 1 fully saturated rings. The molecule has 1 saturated carbocycles. The maximum Gasteiger partial charge on any atom is 0.0477 e. The zero-order chi connectivity index (χ0) is 11.6. The molecular weight excluding hydrogens is 200 g/mol. The monoisotopic (exact) mass is 228 g/mol. The first-order valence-corrected chi connectivity index (χ1v) is 6.87. The van der Waals surface area contributed by atoms with E-state index in [4.69, 9.17) is 4.74 Å². The SMILES string of the molecule is CCOCCCNCCN(CC)CC1CC1. The molecule has 1 aliphatic carbocycles. The average molecular weight is 228 g/mol. The molecule has 0 heterocycles. The van der Waals surface area contributed by atoms with Gasteiger partial charge in [0.05, 0.1) is 0 Å². The van der Waals surface area contributed by atoms with Crippen LogP contribution in [0.3, 0.4) is 0 Å². The lowest BCUT2D eigenvalue weighted by Gasteiger charge is -2.20. The van der Waals surface area contributed by atoms with Crippen molar-refractivity contribution in [2.45, 2.75) is 33.1 Å². The predicted molar refractivity (Wildman–Crippen MR) is 68.8 cm³/mol. The van der Waals surface area contributed by atoms with Crippen LogP contribution in [0.1, 0.15) is 33.1 Å². The maximum atomic E-state index is 5.29. The molecule has 1 aliphatic rings. The van der Waals surface area contributed by atoms with Gasteiger partial charge in [-0.05, 0) is 45.2 Å². The second-order valence-electron chi connectivity index (χ2n) is 4.64. The minimum atomic E-state index is 0.838. The number of nitrogens with one attached hydrogen (secondary N) is 1. The molecule has 3 heteroatoms. The van der Waals surface area contributed by atoms with E-state index in [9.17, 15) is 0 Å². The first-order chi connectivity index (χ1) is 7.86. The molecule has 0 bridgehead atoms. The van der Waals surface area contributed by atoms with Gasteiger partial charge in [-0.15, -0.1) is 0 Å². The van der Waals surface area contributed by atoms with Gasteiger partial charge in [0, 0.05) is 32.8 Å². The highest BCUT2D eigenvalue weighted by molar-refractivity contribution is 4.77. The summed E-state index contributed by atoms with van der Waals surface area (Å²) >= 11 is 0. The van der Waals surface area contributed by atoms with Crippen molar-refractivity contribution in [1.29, 1.82) is 0 Å². The minimum absolute atomic E-state index is 0.838. The van der Waals surface area contributed by atoms with Crippen molar-refractivity contribution in [2.24, 2.45) is 5.92 Å². The van der Waals surface area contributed by atoms with Crippen LogP contribution in [-0.2, 0) is 4.74 Å². The van der Waals surface area contributed by atoms with Crippen LogP contribution < -0.4 is 5.32 Å². The molecular formula is C13H28N2O. The third-order valence-electron chi connectivity index (χ3n) is 3.11. The molecule has 1 N–H and O–H groups in total. The number of hydrogen-bond donors (Lipinski definition) is 1. The quantitative estimate of drug-likeness (QED) is 0.545. The van der Waals surface area contributed by atoms with E-state index in [0.29, 0.717) is 0 Å². The van der Waals surface area contributed by atoms with Crippen LogP contribution in [-0.4, -0.2) is 50.8 Å². The average Bonchev–Trinajstić information content (AvgIpc) is 3.10. The second kappa shape index (κ2) is 8.97. The Kier molecular flexibility index (Phi) is 7.81. The van der Waals surface area contributed by atoms with Gasteiger partial charge < -0.3 is 15.0 Å². The highest BCUT2D eigenvalue weighted by Gasteiger charge is 2.23. The van der Waals surface area contributed by atoms with Crippen molar-refractivity contribution in [3.05, 3.63) is 0 Å².